The predicted octanol–water partition coefficient (Wildman–Crippen LogP) is -0.583. The Balaban J connectivity index is 1.72. The van der Waals surface area contributed by atoms with E-state index in [0.717, 1.165) is 12.8 Å². The molecule has 1 amide bonds. The number of hydrogen-bond acceptors (Lipinski definition) is 4. The van der Waals surface area contributed by atoms with Gasteiger partial charge in [0.1, 0.15) is 0 Å². The Morgan fingerprint density at radius 1 is 1.38 bits per heavy atom. The molecule has 6 heteroatoms. The van der Waals surface area contributed by atoms with Crippen LogP contribution in [0.5, 0.6) is 0 Å². The number of hydrogen-bond donors (Lipinski definition) is 2. The lowest BCUT2D eigenvalue weighted by molar-refractivity contribution is -0.123. The number of nitrogens with two attached hydrogens (primary N) is 1. The minimum absolute atomic E-state index is 0.0127. The minimum atomic E-state index is -2.87. The number of amides is 1. The quantitative estimate of drug-likeness (QED) is 0.697. The van der Waals surface area contributed by atoms with E-state index in [0.29, 0.717) is 12.8 Å². The highest BCUT2D eigenvalue weighted by Crippen LogP contribution is 2.22. The average molecular weight is 246 g/mol. The molecule has 3 N–H and O–H groups in total. The van der Waals surface area contributed by atoms with Crippen molar-refractivity contribution in [3.8, 4) is 0 Å². The summed E-state index contributed by atoms with van der Waals surface area (Å²) in [5, 5.41) is 2.89. The van der Waals surface area contributed by atoms with Crippen LogP contribution in [0.15, 0.2) is 0 Å². The molecule has 1 unspecified atom stereocenters. The van der Waals surface area contributed by atoms with Crippen LogP contribution in [0.2, 0.25) is 0 Å². The maximum Gasteiger partial charge on any atom is 0.220 e. The number of carbonyl (C=O) groups excluding carboxylic acids is 1. The van der Waals surface area contributed by atoms with Crippen LogP contribution in [0.3, 0.4) is 0 Å². The van der Waals surface area contributed by atoms with Gasteiger partial charge in [-0.15, -0.1) is 0 Å². The zero-order valence-corrected chi connectivity index (χ0v) is 10.0. The smallest absolute Gasteiger partial charge is 0.220 e. The van der Waals surface area contributed by atoms with Gasteiger partial charge in [0.15, 0.2) is 9.84 Å². The van der Waals surface area contributed by atoms with E-state index in [-0.39, 0.29) is 35.4 Å². The van der Waals surface area contributed by atoms with Crippen LogP contribution in [-0.4, -0.2) is 37.9 Å². The molecule has 1 saturated carbocycles. The molecule has 2 rings (SSSR count). The van der Waals surface area contributed by atoms with Gasteiger partial charge in [-0.2, -0.15) is 0 Å². The molecule has 0 aromatic heterocycles. The number of sulfone groups is 1. The van der Waals surface area contributed by atoms with Crippen LogP contribution in [0.25, 0.3) is 0 Å². The molecule has 0 aromatic carbocycles. The van der Waals surface area contributed by atoms with Crippen LogP contribution < -0.4 is 11.1 Å². The van der Waals surface area contributed by atoms with Gasteiger partial charge in [0.05, 0.1) is 11.5 Å². The van der Waals surface area contributed by atoms with Gasteiger partial charge in [-0.05, 0) is 25.2 Å². The molecule has 0 aromatic rings. The summed E-state index contributed by atoms with van der Waals surface area (Å²) in [7, 11) is -2.87. The second kappa shape index (κ2) is 4.33. The molecule has 16 heavy (non-hydrogen) atoms. The van der Waals surface area contributed by atoms with Crippen molar-refractivity contribution in [3.05, 3.63) is 0 Å². The molecule has 5 nitrogen and oxygen atoms in total. The Kier molecular flexibility index (Phi) is 3.21. The Bertz CT molecular complexity index is 374. The molecular weight excluding hydrogens is 228 g/mol. The first-order valence-electron chi connectivity index (χ1n) is 5.70. The molecule has 2 fully saturated rings. The molecular formula is C10H18N2O3S. The van der Waals surface area contributed by atoms with E-state index in [2.05, 4.69) is 5.32 Å². The molecule has 1 aliphatic carbocycles. The summed E-state index contributed by atoms with van der Waals surface area (Å²) < 4.78 is 22.4. The van der Waals surface area contributed by atoms with Gasteiger partial charge in [0.2, 0.25) is 5.91 Å². The van der Waals surface area contributed by atoms with E-state index in [9.17, 15) is 13.2 Å². The lowest BCUT2D eigenvalue weighted by Crippen LogP contribution is -2.50. The molecule has 92 valence electrons. The Labute approximate surface area is 95.7 Å². The second-order valence-electron chi connectivity index (χ2n) is 4.97. The summed E-state index contributed by atoms with van der Waals surface area (Å²) in [6, 6.07) is 0.428. The fraction of sp³-hybridized carbons (Fsp3) is 0.900. The molecule has 1 saturated heterocycles. The van der Waals surface area contributed by atoms with E-state index < -0.39 is 9.84 Å². The number of carbonyl (C=O) groups is 1. The Morgan fingerprint density at radius 2 is 2.06 bits per heavy atom. The van der Waals surface area contributed by atoms with Crippen molar-refractivity contribution < 1.29 is 13.2 Å². The number of rotatable bonds is 3. The molecule has 0 spiro atoms. The number of nitrogens with one attached hydrogen (secondary N) is 1. The summed E-state index contributed by atoms with van der Waals surface area (Å²) in [5.74, 6) is 0.391. The van der Waals surface area contributed by atoms with Crippen molar-refractivity contribution in [1.82, 2.24) is 5.32 Å². The van der Waals surface area contributed by atoms with Crippen molar-refractivity contribution in [1.29, 1.82) is 0 Å². The topological polar surface area (TPSA) is 89.3 Å². The SMILES string of the molecule is NC1CC(NC(=O)CC2CCS(=O)(=O)C2)C1. The summed E-state index contributed by atoms with van der Waals surface area (Å²) in [6.07, 6.45) is 2.65. The van der Waals surface area contributed by atoms with Gasteiger partial charge in [0, 0.05) is 18.5 Å². The van der Waals surface area contributed by atoms with Gasteiger partial charge in [-0.1, -0.05) is 0 Å². The van der Waals surface area contributed by atoms with Crippen LogP contribution in [0.4, 0.5) is 0 Å². The first kappa shape index (κ1) is 11.9. The summed E-state index contributed by atoms with van der Waals surface area (Å²) in [4.78, 5) is 11.6. The Morgan fingerprint density at radius 3 is 2.56 bits per heavy atom. The van der Waals surface area contributed by atoms with Gasteiger partial charge in [-0.25, -0.2) is 8.42 Å². The van der Waals surface area contributed by atoms with Crippen LogP contribution in [0, 0.1) is 5.92 Å². The summed E-state index contributed by atoms with van der Waals surface area (Å²) >= 11 is 0. The summed E-state index contributed by atoms with van der Waals surface area (Å²) in [6.45, 7) is 0. The first-order chi connectivity index (χ1) is 7.44. The fourth-order valence-electron chi connectivity index (χ4n) is 2.36. The normalized spacial score (nSPS) is 36.7. The highest BCUT2D eigenvalue weighted by atomic mass is 32.2. The lowest BCUT2D eigenvalue weighted by Gasteiger charge is -2.33. The van der Waals surface area contributed by atoms with Gasteiger partial charge in [-0.3, -0.25) is 4.79 Å². The van der Waals surface area contributed by atoms with E-state index in [1.165, 1.54) is 0 Å². The van der Waals surface area contributed by atoms with E-state index >= 15 is 0 Å². The van der Waals surface area contributed by atoms with Crippen molar-refractivity contribution in [3.63, 3.8) is 0 Å². The van der Waals surface area contributed by atoms with Gasteiger partial charge >= 0.3 is 0 Å². The van der Waals surface area contributed by atoms with Crippen molar-refractivity contribution in [2.45, 2.75) is 37.8 Å². The molecule has 1 atom stereocenters. The van der Waals surface area contributed by atoms with Crippen LogP contribution in [0.1, 0.15) is 25.7 Å². The van der Waals surface area contributed by atoms with E-state index in [4.69, 9.17) is 5.73 Å². The molecule has 1 heterocycles. The van der Waals surface area contributed by atoms with Crippen molar-refractivity contribution in [2.75, 3.05) is 11.5 Å². The third-order valence-corrected chi connectivity index (χ3v) is 5.18. The third kappa shape index (κ3) is 2.95. The van der Waals surface area contributed by atoms with Gasteiger partial charge < -0.3 is 11.1 Å². The predicted molar refractivity (Wildman–Crippen MR) is 60.5 cm³/mol. The molecule has 0 radical (unpaired) electrons. The average Bonchev–Trinajstić information content (AvgIpc) is 2.42. The highest BCUT2D eigenvalue weighted by Gasteiger charge is 2.31. The van der Waals surface area contributed by atoms with E-state index in [1.54, 1.807) is 0 Å². The van der Waals surface area contributed by atoms with Crippen LogP contribution in [-0.2, 0) is 14.6 Å². The molecule has 2 aliphatic rings. The zero-order valence-electron chi connectivity index (χ0n) is 9.19. The maximum absolute atomic E-state index is 11.6. The largest absolute Gasteiger partial charge is 0.353 e. The van der Waals surface area contributed by atoms with E-state index in [1.807, 2.05) is 0 Å². The fourth-order valence-corrected chi connectivity index (χ4v) is 4.22. The standard InChI is InChI=1S/C10H18N2O3S/c11-8-4-9(5-8)12-10(13)3-7-1-2-16(14,15)6-7/h7-9H,1-6,11H2,(H,12,13). The highest BCUT2D eigenvalue weighted by molar-refractivity contribution is 7.91. The van der Waals surface area contributed by atoms with Crippen molar-refractivity contribution >= 4 is 15.7 Å². The minimum Gasteiger partial charge on any atom is -0.353 e. The maximum atomic E-state index is 11.6. The van der Waals surface area contributed by atoms with Gasteiger partial charge in [0.25, 0.3) is 0 Å². The zero-order chi connectivity index (χ0) is 11.8. The molecule has 0 bridgehead atoms. The molecule has 1 aliphatic heterocycles. The third-order valence-electron chi connectivity index (χ3n) is 3.34. The second-order valence-corrected chi connectivity index (χ2v) is 7.20. The van der Waals surface area contributed by atoms with Crippen LogP contribution >= 0.6 is 0 Å². The van der Waals surface area contributed by atoms with Crippen molar-refractivity contribution in [2.24, 2.45) is 11.7 Å². The Hall–Kier alpha value is -0.620. The summed E-state index contributed by atoms with van der Waals surface area (Å²) in [5.41, 5.74) is 5.61. The lowest BCUT2D eigenvalue weighted by atomic mass is 9.87. The monoisotopic (exact) mass is 246 g/mol. The first-order valence-corrected chi connectivity index (χ1v) is 7.52.